The highest BCUT2D eigenvalue weighted by Crippen LogP contribution is 1.98. The van der Waals surface area contributed by atoms with Gasteiger partial charge in [-0.15, -0.1) is 0 Å². The summed E-state index contributed by atoms with van der Waals surface area (Å²) in [4.78, 5) is 9.99. The molecule has 0 aliphatic heterocycles. The second-order valence-electron chi connectivity index (χ2n) is 1.47. The van der Waals surface area contributed by atoms with Crippen molar-refractivity contribution >= 4 is 6.29 Å². The van der Waals surface area contributed by atoms with Crippen LogP contribution in [0.25, 0.3) is 0 Å². The highest BCUT2D eigenvalue weighted by atomic mass is 16.5. The zero-order chi connectivity index (χ0) is 5.98. The number of hydrogen-bond donors (Lipinski definition) is 0. The lowest BCUT2D eigenvalue weighted by molar-refractivity contribution is 0.112. The van der Waals surface area contributed by atoms with Gasteiger partial charge in [0, 0.05) is 0 Å². The van der Waals surface area contributed by atoms with Crippen molar-refractivity contribution in [3.8, 4) is 0 Å². The van der Waals surface area contributed by atoms with Gasteiger partial charge in [0.25, 0.3) is 0 Å². The van der Waals surface area contributed by atoms with Gasteiger partial charge in [0.15, 0.2) is 6.29 Å². The van der Waals surface area contributed by atoms with Crippen LogP contribution in [0.5, 0.6) is 0 Å². The van der Waals surface area contributed by atoms with Gasteiger partial charge in [-0.1, -0.05) is 5.16 Å². The summed E-state index contributed by atoms with van der Waals surface area (Å²) in [5, 5.41) is 3.48. The van der Waals surface area contributed by atoms with Crippen molar-refractivity contribution in [2.24, 2.45) is 0 Å². The zero-order valence-corrected chi connectivity index (χ0v) is 4.42. The van der Waals surface area contributed by atoms with E-state index in [9.17, 15) is 4.79 Å². The summed E-state index contributed by atoms with van der Waals surface area (Å²) in [7, 11) is 0. The number of aldehydes is 1. The topological polar surface area (TPSA) is 43.1 Å². The van der Waals surface area contributed by atoms with Gasteiger partial charge in [-0.3, -0.25) is 4.79 Å². The molecule has 1 aromatic heterocycles. The van der Waals surface area contributed by atoms with E-state index in [-0.39, 0.29) is 0 Å². The molecule has 1 aromatic rings. The highest BCUT2D eigenvalue weighted by molar-refractivity contribution is 5.75. The van der Waals surface area contributed by atoms with Gasteiger partial charge >= 0.3 is 0 Å². The van der Waals surface area contributed by atoms with Gasteiger partial charge < -0.3 is 4.52 Å². The molecule has 0 fully saturated rings. The summed E-state index contributed by atoms with van der Waals surface area (Å²) in [6.07, 6.45) is 2.04. The van der Waals surface area contributed by atoms with E-state index < -0.39 is 0 Å². The SMILES string of the molecule is Cc1nocc1C=O. The fourth-order valence-corrected chi connectivity index (χ4v) is 0.413. The lowest BCUT2D eigenvalue weighted by atomic mass is 10.3. The lowest BCUT2D eigenvalue weighted by Gasteiger charge is -1.73. The summed E-state index contributed by atoms with van der Waals surface area (Å²) >= 11 is 0. The van der Waals surface area contributed by atoms with Crippen molar-refractivity contribution < 1.29 is 9.32 Å². The Morgan fingerprint density at radius 1 is 1.88 bits per heavy atom. The van der Waals surface area contributed by atoms with Crippen molar-refractivity contribution in [2.45, 2.75) is 6.92 Å². The maximum Gasteiger partial charge on any atom is 0.155 e. The van der Waals surface area contributed by atoms with E-state index in [0.717, 1.165) is 0 Å². The molecule has 0 aromatic carbocycles. The van der Waals surface area contributed by atoms with Gasteiger partial charge in [0.05, 0.1) is 11.3 Å². The molecule has 0 atom stereocenters. The average Bonchev–Trinajstić information content (AvgIpc) is 2.14. The Labute approximate surface area is 46.3 Å². The zero-order valence-electron chi connectivity index (χ0n) is 4.42. The number of nitrogens with zero attached hydrogens (tertiary/aromatic N) is 1. The molecule has 0 aliphatic rings. The van der Waals surface area contributed by atoms with Crippen LogP contribution in [-0.2, 0) is 0 Å². The van der Waals surface area contributed by atoms with E-state index in [1.807, 2.05) is 0 Å². The molecule has 0 saturated carbocycles. The Bertz CT molecular complexity index is 192. The third-order valence-corrected chi connectivity index (χ3v) is 0.914. The number of carbonyl (C=O) groups is 1. The third-order valence-electron chi connectivity index (χ3n) is 0.914. The first-order valence-electron chi connectivity index (χ1n) is 2.20. The molecular formula is C5H5NO2. The maximum atomic E-state index is 9.99. The summed E-state index contributed by atoms with van der Waals surface area (Å²) < 4.78 is 4.45. The summed E-state index contributed by atoms with van der Waals surface area (Å²) in [6.45, 7) is 1.72. The molecule has 0 amide bonds. The molecule has 8 heavy (non-hydrogen) atoms. The fourth-order valence-electron chi connectivity index (χ4n) is 0.413. The molecule has 1 heterocycles. The van der Waals surface area contributed by atoms with E-state index in [0.29, 0.717) is 17.5 Å². The smallest absolute Gasteiger partial charge is 0.155 e. The molecule has 1 rings (SSSR count). The van der Waals surface area contributed by atoms with Crippen LogP contribution < -0.4 is 0 Å². The molecule has 3 nitrogen and oxygen atoms in total. The van der Waals surface area contributed by atoms with Gasteiger partial charge in [-0.2, -0.15) is 0 Å². The second-order valence-corrected chi connectivity index (χ2v) is 1.47. The van der Waals surface area contributed by atoms with Crippen LogP contribution in [0.15, 0.2) is 10.8 Å². The van der Waals surface area contributed by atoms with Crippen LogP contribution in [0.3, 0.4) is 0 Å². The molecule has 0 spiro atoms. The Morgan fingerprint density at radius 3 is 2.88 bits per heavy atom. The Morgan fingerprint density at radius 2 is 2.62 bits per heavy atom. The third kappa shape index (κ3) is 0.621. The average molecular weight is 111 g/mol. The minimum absolute atomic E-state index is 0.519. The van der Waals surface area contributed by atoms with Crippen LogP contribution in [0.1, 0.15) is 16.1 Å². The van der Waals surface area contributed by atoms with Gasteiger partial charge in [0.1, 0.15) is 6.26 Å². The first-order chi connectivity index (χ1) is 3.84. The monoisotopic (exact) mass is 111 g/mol. The molecule has 42 valence electrons. The van der Waals surface area contributed by atoms with Crippen molar-refractivity contribution in [1.82, 2.24) is 5.16 Å². The number of aromatic nitrogens is 1. The molecule has 0 saturated heterocycles. The van der Waals surface area contributed by atoms with Crippen LogP contribution >= 0.6 is 0 Å². The van der Waals surface area contributed by atoms with Gasteiger partial charge in [0.2, 0.25) is 0 Å². The van der Waals surface area contributed by atoms with Crippen molar-refractivity contribution in [3.63, 3.8) is 0 Å². The summed E-state index contributed by atoms with van der Waals surface area (Å²) in [6, 6.07) is 0. The molecule has 0 bridgehead atoms. The van der Waals surface area contributed by atoms with E-state index >= 15 is 0 Å². The number of carbonyl (C=O) groups excluding carboxylic acids is 1. The standard InChI is InChI=1S/C5H5NO2/c1-4-5(2-7)3-8-6-4/h2-3H,1H3. The first-order valence-corrected chi connectivity index (χ1v) is 2.20. The van der Waals surface area contributed by atoms with Crippen molar-refractivity contribution in [3.05, 3.63) is 17.5 Å². The van der Waals surface area contributed by atoms with Crippen LogP contribution in [0.2, 0.25) is 0 Å². The van der Waals surface area contributed by atoms with E-state index in [4.69, 9.17) is 0 Å². The van der Waals surface area contributed by atoms with E-state index in [1.165, 1.54) is 6.26 Å². The Hall–Kier alpha value is -1.12. The summed E-state index contributed by atoms with van der Waals surface area (Å²) in [5.41, 5.74) is 1.16. The molecule has 3 heteroatoms. The van der Waals surface area contributed by atoms with Crippen molar-refractivity contribution in [2.75, 3.05) is 0 Å². The number of hydrogen-bond acceptors (Lipinski definition) is 3. The quantitative estimate of drug-likeness (QED) is 0.503. The molecular weight excluding hydrogens is 106 g/mol. The van der Waals surface area contributed by atoms with Crippen LogP contribution in [0.4, 0.5) is 0 Å². The fraction of sp³-hybridized carbons (Fsp3) is 0.200. The first kappa shape index (κ1) is 5.03. The van der Waals surface area contributed by atoms with Gasteiger partial charge in [-0.05, 0) is 6.92 Å². The predicted octanol–water partition coefficient (Wildman–Crippen LogP) is 0.796. The maximum absolute atomic E-state index is 9.99. The summed E-state index contributed by atoms with van der Waals surface area (Å²) in [5.74, 6) is 0. The van der Waals surface area contributed by atoms with E-state index in [1.54, 1.807) is 6.92 Å². The number of aryl methyl sites for hydroxylation is 1. The van der Waals surface area contributed by atoms with Crippen LogP contribution in [-0.4, -0.2) is 11.4 Å². The Kier molecular flexibility index (Phi) is 1.12. The molecule has 0 aliphatic carbocycles. The van der Waals surface area contributed by atoms with Crippen molar-refractivity contribution in [1.29, 1.82) is 0 Å². The second kappa shape index (κ2) is 1.78. The predicted molar refractivity (Wildman–Crippen MR) is 26.6 cm³/mol. The molecule has 0 radical (unpaired) electrons. The highest BCUT2D eigenvalue weighted by Gasteiger charge is 1.97. The molecule has 0 N–H and O–H groups in total. The minimum atomic E-state index is 0.519. The lowest BCUT2D eigenvalue weighted by Crippen LogP contribution is -1.77. The largest absolute Gasteiger partial charge is 0.364 e. The van der Waals surface area contributed by atoms with Crippen LogP contribution in [0, 0.1) is 6.92 Å². The minimum Gasteiger partial charge on any atom is -0.364 e. The normalized spacial score (nSPS) is 9.12. The Balaban J connectivity index is 3.09. The number of rotatable bonds is 1. The van der Waals surface area contributed by atoms with E-state index in [2.05, 4.69) is 9.68 Å². The van der Waals surface area contributed by atoms with Gasteiger partial charge in [-0.25, -0.2) is 0 Å². The molecule has 0 unspecified atom stereocenters.